The number of benzene rings is 8. The number of furan rings is 2. The van der Waals surface area contributed by atoms with Gasteiger partial charge in [-0.25, -0.2) is 0 Å². The zero-order valence-corrected chi connectivity index (χ0v) is 23.8. The molecule has 0 spiro atoms. The largest absolute Gasteiger partial charge is 0.464 e. The Morgan fingerprint density at radius 3 is 1.76 bits per heavy atom. The second-order valence-corrected chi connectivity index (χ2v) is 11.1. The number of hydrogen-bond donors (Lipinski definition) is 0. The molecule has 0 aliphatic heterocycles. The Bertz CT molecular complexity index is 3440. The van der Waals surface area contributed by atoms with Crippen LogP contribution in [0.2, 0.25) is 0 Å². The first-order valence-electron chi connectivity index (χ1n) is 21.1. The summed E-state index contributed by atoms with van der Waals surface area (Å²) in [7, 11) is 0. The second-order valence-electron chi connectivity index (χ2n) is 11.1. The van der Waals surface area contributed by atoms with Crippen molar-refractivity contribution in [2.75, 3.05) is 0 Å². The molecular formula is C44H26O2. The van der Waals surface area contributed by atoms with Gasteiger partial charge in [-0.1, -0.05) is 121 Å². The predicted octanol–water partition coefficient (Wildman–Crippen LogP) is 12.8. The Labute approximate surface area is 283 Å². The Morgan fingerprint density at radius 2 is 1.02 bits per heavy atom. The van der Waals surface area contributed by atoms with Crippen LogP contribution in [0, 0.1) is 0 Å². The third-order valence-electron chi connectivity index (χ3n) is 8.64. The molecule has 0 amide bonds. The zero-order valence-electron chi connectivity index (χ0n) is 36.8. The summed E-state index contributed by atoms with van der Waals surface area (Å²) in [5, 5.41) is 3.55. The molecule has 2 heteroatoms. The lowest BCUT2D eigenvalue weighted by Crippen LogP contribution is -1.90. The maximum Gasteiger partial charge on any atom is 0.136 e. The highest BCUT2D eigenvalue weighted by Crippen LogP contribution is 2.45. The van der Waals surface area contributed by atoms with Crippen molar-refractivity contribution in [1.82, 2.24) is 0 Å². The van der Waals surface area contributed by atoms with Gasteiger partial charge in [0.1, 0.15) is 16.7 Å². The van der Waals surface area contributed by atoms with Gasteiger partial charge in [0, 0.05) is 21.7 Å². The summed E-state index contributed by atoms with van der Waals surface area (Å²) < 4.78 is 127. The maximum atomic E-state index is 9.23. The van der Waals surface area contributed by atoms with Crippen LogP contribution >= 0.6 is 0 Å². The van der Waals surface area contributed by atoms with Gasteiger partial charge in [0.25, 0.3) is 0 Å². The molecular weight excluding hydrogens is 560 g/mol. The summed E-state index contributed by atoms with van der Waals surface area (Å²) in [5.41, 5.74) is 2.87. The predicted molar refractivity (Wildman–Crippen MR) is 192 cm³/mol. The number of fused-ring (bicyclic) bond motifs is 7. The smallest absolute Gasteiger partial charge is 0.136 e. The third kappa shape index (κ3) is 3.71. The molecule has 2 aromatic heterocycles. The van der Waals surface area contributed by atoms with Crippen LogP contribution in [0.1, 0.15) is 17.8 Å². The normalized spacial score (nSPS) is 15.9. The Balaban J connectivity index is 1.31. The Kier molecular flexibility index (Phi) is 3.32. The molecule has 2 nitrogen and oxygen atoms in total. The highest BCUT2D eigenvalue weighted by Gasteiger charge is 2.19. The summed E-state index contributed by atoms with van der Waals surface area (Å²) in [6, 6.07) is 14.6. The monoisotopic (exact) mass is 599 g/mol. The highest BCUT2D eigenvalue weighted by molar-refractivity contribution is 6.22. The van der Waals surface area contributed by atoms with E-state index in [4.69, 9.17) is 21.2 Å². The fraction of sp³-hybridized carbons (Fsp3) is 0. The first-order valence-corrected chi connectivity index (χ1v) is 14.6. The molecule has 0 radical (unpaired) electrons. The lowest BCUT2D eigenvalue weighted by molar-refractivity contribution is 0.617. The van der Waals surface area contributed by atoms with Crippen LogP contribution in [0.3, 0.4) is 0 Å². The average molecular weight is 600 g/mol. The van der Waals surface area contributed by atoms with Crippen molar-refractivity contribution in [3.8, 4) is 33.4 Å². The van der Waals surface area contributed by atoms with Gasteiger partial charge >= 0.3 is 0 Å². The SMILES string of the molecule is [2H]c1c([2H])c([2H])c(-c2c3c([2H])c([2H])c([2H])c([2H])c3c(-c3ccc4c(c3)oc3cc5c(-c6ccc7ccccc7c6)coc5cc34)c3c([2H])c([2H])c([2H])c([2H])c23)c([2H])c1[2H]. The van der Waals surface area contributed by atoms with E-state index in [-0.39, 0.29) is 38.2 Å². The minimum Gasteiger partial charge on any atom is -0.464 e. The molecule has 0 saturated heterocycles. The van der Waals surface area contributed by atoms with Gasteiger partial charge in [-0.15, -0.1) is 0 Å². The quantitative estimate of drug-likeness (QED) is 0.189. The maximum absolute atomic E-state index is 9.23. The molecule has 0 saturated carbocycles. The molecule has 10 rings (SSSR count). The van der Waals surface area contributed by atoms with Crippen LogP contribution < -0.4 is 0 Å². The van der Waals surface area contributed by atoms with E-state index < -0.39 is 84.1 Å². The fourth-order valence-electron chi connectivity index (χ4n) is 6.57. The molecule has 10 aromatic rings. The zero-order chi connectivity index (χ0) is 41.5. The van der Waals surface area contributed by atoms with E-state index in [1.807, 2.05) is 42.5 Å². The van der Waals surface area contributed by atoms with Gasteiger partial charge in [0.15, 0.2) is 0 Å². The van der Waals surface area contributed by atoms with E-state index in [2.05, 4.69) is 12.1 Å². The standard InChI is InChI=1S/C44H26O2/c1-2-11-28(12-3-1)43-33-14-6-8-16-35(33)44(36-17-9-7-15-34(36)43)31-20-21-32-37-24-40-38(25-42(37)46-41(32)23-31)39(26-45-40)30-19-18-27-10-4-5-13-29(27)22-30/h1-26H/i1D,2D,3D,6D,7D,8D,9D,11D,12D,14D,15D,16D,17D. The fourth-order valence-corrected chi connectivity index (χ4v) is 6.57. The van der Waals surface area contributed by atoms with Crippen LogP contribution in [-0.2, 0) is 0 Å². The van der Waals surface area contributed by atoms with Gasteiger partial charge in [0.2, 0.25) is 0 Å². The minimum absolute atomic E-state index is 0.0276. The van der Waals surface area contributed by atoms with E-state index in [0.717, 1.165) is 32.7 Å². The first-order chi connectivity index (χ1) is 28.2. The van der Waals surface area contributed by atoms with Crippen LogP contribution in [-0.4, -0.2) is 0 Å². The van der Waals surface area contributed by atoms with Gasteiger partial charge in [-0.05, 0) is 90.5 Å². The van der Waals surface area contributed by atoms with E-state index >= 15 is 0 Å². The van der Waals surface area contributed by atoms with Crippen LogP contribution in [0.15, 0.2) is 166 Å². The highest BCUT2D eigenvalue weighted by atomic mass is 16.3. The van der Waals surface area contributed by atoms with Crippen molar-refractivity contribution in [3.05, 3.63) is 158 Å². The molecule has 0 bridgehead atoms. The topological polar surface area (TPSA) is 26.3 Å². The van der Waals surface area contributed by atoms with Crippen LogP contribution in [0.25, 0.3) is 98.6 Å². The van der Waals surface area contributed by atoms with E-state index in [1.54, 1.807) is 24.5 Å². The van der Waals surface area contributed by atoms with Crippen molar-refractivity contribution in [1.29, 1.82) is 0 Å². The molecule has 0 unspecified atom stereocenters. The van der Waals surface area contributed by atoms with E-state index in [0.29, 0.717) is 22.1 Å². The lowest BCUT2D eigenvalue weighted by Gasteiger charge is -2.17. The molecule has 0 aliphatic carbocycles. The Morgan fingerprint density at radius 1 is 0.413 bits per heavy atom. The first kappa shape index (κ1) is 15.7. The second kappa shape index (κ2) is 9.69. The van der Waals surface area contributed by atoms with Crippen LogP contribution in [0.5, 0.6) is 0 Å². The molecule has 214 valence electrons. The van der Waals surface area contributed by atoms with E-state index in [1.165, 1.54) is 0 Å². The average Bonchev–Trinajstić information content (AvgIpc) is 3.83. The molecule has 0 aliphatic rings. The van der Waals surface area contributed by atoms with Crippen molar-refractivity contribution in [3.63, 3.8) is 0 Å². The van der Waals surface area contributed by atoms with Gasteiger partial charge in [-0.2, -0.15) is 0 Å². The van der Waals surface area contributed by atoms with Gasteiger partial charge < -0.3 is 8.83 Å². The minimum atomic E-state index is -0.723. The molecule has 0 atom stereocenters. The summed E-state index contributed by atoms with van der Waals surface area (Å²) in [5.74, 6) is 0. The Hall–Kier alpha value is -6.12. The summed E-state index contributed by atoms with van der Waals surface area (Å²) in [6.07, 6.45) is 1.71. The molecule has 0 fully saturated rings. The van der Waals surface area contributed by atoms with E-state index in [9.17, 15) is 5.48 Å². The number of rotatable bonds is 3. The number of hydrogen-bond acceptors (Lipinski definition) is 2. The van der Waals surface area contributed by atoms with Crippen molar-refractivity contribution in [2.45, 2.75) is 0 Å². The van der Waals surface area contributed by atoms with Crippen LogP contribution in [0.4, 0.5) is 0 Å². The molecule has 8 aromatic carbocycles. The van der Waals surface area contributed by atoms with Crippen molar-refractivity contribution >= 4 is 65.2 Å². The van der Waals surface area contributed by atoms with Crippen molar-refractivity contribution in [2.24, 2.45) is 0 Å². The van der Waals surface area contributed by atoms with Crippen molar-refractivity contribution < 1.29 is 26.7 Å². The van der Waals surface area contributed by atoms with Gasteiger partial charge in [-0.3, -0.25) is 0 Å². The van der Waals surface area contributed by atoms with Gasteiger partial charge in [0.05, 0.1) is 24.1 Å². The lowest BCUT2D eigenvalue weighted by atomic mass is 9.86. The molecule has 46 heavy (non-hydrogen) atoms. The summed E-state index contributed by atoms with van der Waals surface area (Å²) in [4.78, 5) is 0. The third-order valence-corrected chi connectivity index (χ3v) is 8.64. The summed E-state index contributed by atoms with van der Waals surface area (Å²) in [6.45, 7) is 0. The molecule has 2 heterocycles. The molecule has 0 N–H and O–H groups in total. The summed E-state index contributed by atoms with van der Waals surface area (Å²) >= 11 is 0.